The van der Waals surface area contributed by atoms with Gasteiger partial charge in [0.15, 0.2) is 16.6 Å². The summed E-state index contributed by atoms with van der Waals surface area (Å²) in [6.07, 6.45) is 5.04. The fourth-order valence-corrected chi connectivity index (χ4v) is 12.0. The van der Waals surface area contributed by atoms with Gasteiger partial charge in [0, 0.05) is 0 Å². The minimum Gasteiger partial charge on any atom is -0.456 e. The summed E-state index contributed by atoms with van der Waals surface area (Å²) < 4.78 is 6.33. The van der Waals surface area contributed by atoms with Gasteiger partial charge in [-0.15, -0.1) is 22.2 Å². The third-order valence-electron chi connectivity index (χ3n) is 2.73. The van der Waals surface area contributed by atoms with Gasteiger partial charge in [-0.1, -0.05) is 25.7 Å². The highest BCUT2D eigenvalue weighted by atomic mass is 35.7. The highest BCUT2D eigenvalue weighted by molar-refractivity contribution is 7.44. The second-order valence-electron chi connectivity index (χ2n) is 6.96. The van der Waals surface area contributed by atoms with E-state index in [-0.39, 0.29) is 0 Å². The Morgan fingerprint density at radius 1 is 0.722 bits per heavy atom. The predicted octanol–water partition coefficient (Wildman–Crippen LogP) is 6.15. The molecule has 0 unspecified atom stereocenters. The largest absolute Gasteiger partial charge is 0.456 e. The van der Waals surface area contributed by atoms with Gasteiger partial charge >= 0.3 is 0 Å². The van der Waals surface area contributed by atoms with Crippen LogP contribution in [0.25, 0.3) is 0 Å². The molecule has 110 valence electrons. The van der Waals surface area contributed by atoms with Crippen LogP contribution in [-0.2, 0) is 4.12 Å². The third kappa shape index (κ3) is 13.6. The van der Waals surface area contributed by atoms with Crippen molar-refractivity contribution < 1.29 is 4.12 Å². The van der Waals surface area contributed by atoms with E-state index >= 15 is 0 Å². The van der Waals surface area contributed by atoms with E-state index in [2.05, 4.69) is 32.7 Å². The van der Waals surface area contributed by atoms with Crippen molar-refractivity contribution in [2.45, 2.75) is 77.1 Å². The first-order valence-electron chi connectivity index (χ1n) is 6.99. The normalized spacial score (nSPS) is 14.0. The molecule has 0 rings (SSSR count). The fraction of sp³-hybridized carbons (Fsp3) is 1.00. The molecule has 0 atom stereocenters. The van der Waals surface area contributed by atoms with Crippen LogP contribution in [0.15, 0.2) is 0 Å². The van der Waals surface area contributed by atoms with Crippen molar-refractivity contribution in [3.63, 3.8) is 0 Å². The zero-order chi connectivity index (χ0) is 14.4. The second-order valence-corrected chi connectivity index (χ2v) is 24.2. The molecule has 0 aliphatic rings. The van der Waals surface area contributed by atoms with E-state index in [0.717, 1.165) is 6.04 Å². The Bertz CT molecular complexity index is 234. The Morgan fingerprint density at radius 2 is 1.17 bits per heavy atom. The van der Waals surface area contributed by atoms with Crippen molar-refractivity contribution in [2.24, 2.45) is 0 Å². The molecule has 6 heteroatoms. The summed E-state index contributed by atoms with van der Waals surface area (Å²) in [6, 6.07) is 2.32. The van der Waals surface area contributed by atoms with Gasteiger partial charge in [0.05, 0.1) is 0 Å². The van der Waals surface area contributed by atoms with Crippen LogP contribution in [0.2, 0.25) is 51.4 Å². The average Bonchev–Trinajstić information content (AvgIpc) is 2.04. The molecule has 0 aliphatic heterocycles. The van der Waals surface area contributed by atoms with Crippen LogP contribution in [0.3, 0.4) is 0 Å². The van der Waals surface area contributed by atoms with Gasteiger partial charge in [0.2, 0.25) is 6.69 Å². The van der Waals surface area contributed by atoms with Crippen molar-refractivity contribution in [2.75, 3.05) is 0 Å². The molecular weight excluding hydrogens is 315 g/mol. The van der Waals surface area contributed by atoms with Crippen LogP contribution in [0.1, 0.15) is 25.7 Å². The Labute approximate surface area is 126 Å². The SMILES string of the molecule is C[Si](Cl)(Cl)CCCCCC[Si](C)(C)O[Si](C)(C)C. The minimum absolute atomic E-state index is 1.03. The molecule has 0 bridgehead atoms. The van der Waals surface area contributed by atoms with E-state index in [1.54, 1.807) is 0 Å². The summed E-state index contributed by atoms with van der Waals surface area (Å²) in [5.74, 6) is 0. The van der Waals surface area contributed by atoms with Gasteiger partial charge in [-0.25, -0.2) is 0 Å². The molecule has 1 nitrogen and oxygen atoms in total. The standard InChI is InChI=1S/C12H30Cl2OSi3/c1-16(2,3)15-17(4,5)11-9-7-8-10-12-18(6,13)14/h7-12H2,1-6H3. The lowest BCUT2D eigenvalue weighted by Crippen LogP contribution is -2.42. The summed E-state index contributed by atoms with van der Waals surface area (Å²) in [5.41, 5.74) is 0. The molecule has 0 aliphatic carbocycles. The number of rotatable bonds is 9. The Balaban J connectivity index is 3.66. The summed E-state index contributed by atoms with van der Waals surface area (Å²) in [7, 11) is -2.78. The molecular formula is C12H30Cl2OSi3. The topological polar surface area (TPSA) is 9.23 Å². The van der Waals surface area contributed by atoms with Gasteiger partial charge in [-0.2, -0.15) is 0 Å². The van der Waals surface area contributed by atoms with E-state index in [1.165, 1.54) is 31.7 Å². The first-order valence-corrected chi connectivity index (χ1v) is 18.2. The van der Waals surface area contributed by atoms with Crippen LogP contribution in [0, 0.1) is 0 Å². The Morgan fingerprint density at radius 3 is 1.56 bits per heavy atom. The zero-order valence-electron chi connectivity index (χ0n) is 12.9. The molecule has 18 heavy (non-hydrogen) atoms. The maximum Gasteiger partial charge on any atom is 0.248 e. The van der Waals surface area contributed by atoms with Gasteiger partial charge < -0.3 is 4.12 Å². The molecule has 0 spiro atoms. The minimum atomic E-state index is -1.85. The second kappa shape index (κ2) is 7.84. The van der Waals surface area contributed by atoms with E-state index in [9.17, 15) is 0 Å². The van der Waals surface area contributed by atoms with E-state index < -0.39 is 23.3 Å². The molecule has 0 aromatic carbocycles. The maximum atomic E-state index is 6.33. The number of unbranched alkanes of at least 4 members (excludes halogenated alkanes) is 3. The highest BCUT2D eigenvalue weighted by Crippen LogP contribution is 2.25. The summed E-state index contributed by atoms with van der Waals surface area (Å²) in [5, 5.41) is 0. The first kappa shape index (κ1) is 19.2. The fourth-order valence-electron chi connectivity index (χ4n) is 2.22. The van der Waals surface area contributed by atoms with Crippen LogP contribution in [0.5, 0.6) is 0 Å². The van der Waals surface area contributed by atoms with Crippen LogP contribution >= 0.6 is 22.2 Å². The first-order chi connectivity index (χ1) is 7.91. The lowest BCUT2D eigenvalue weighted by molar-refractivity contribution is 0.539. The predicted molar refractivity (Wildman–Crippen MR) is 93.3 cm³/mol. The maximum absolute atomic E-state index is 6.33. The Kier molecular flexibility index (Phi) is 8.36. The van der Waals surface area contributed by atoms with Gasteiger partial charge in [-0.05, 0) is 51.4 Å². The van der Waals surface area contributed by atoms with Crippen LogP contribution < -0.4 is 0 Å². The van der Waals surface area contributed by atoms with Crippen molar-refractivity contribution >= 4 is 45.5 Å². The average molecular weight is 346 g/mol. The molecule has 0 radical (unpaired) electrons. The van der Waals surface area contributed by atoms with Crippen molar-refractivity contribution in [3.05, 3.63) is 0 Å². The van der Waals surface area contributed by atoms with Gasteiger partial charge in [0.1, 0.15) is 0 Å². The number of halogens is 2. The molecule has 0 fully saturated rings. The van der Waals surface area contributed by atoms with E-state index in [4.69, 9.17) is 26.3 Å². The van der Waals surface area contributed by atoms with E-state index in [0.29, 0.717) is 0 Å². The van der Waals surface area contributed by atoms with Crippen LogP contribution in [-0.4, -0.2) is 23.3 Å². The molecule has 0 amide bonds. The number of hydrogen-bond acceptors (Lipinski definition) is 1. The zero-order valence-corrected chi connectivity index (χ0v) is 17.4. The monoisotopic (exact) mass is 344 g/mol. The van der Waals surface area contributed by atoms with Gasteiger partial charge in [-0.3, -0.25) is 0 Å². The van der Waals surface area contributed by atoms with Crippen LogP contribution in [0.4, 0.5) is 0 Å². The molecule has 0 saturated carbocycles. The van der Waals surface area contributed by atoms with Crippen molar-refractivity contribution in [3.8, 4) is 0 Å². The quantitative estimate of drug-likeness (QED) is 0.276. The molecule has 0 saturated heterocycles. The van der Waals surface area contributed by atoms with E-state index in [1.807, 2.05) is 6.55 Å². The number of hydrogen-bond donors (Lipinski definition) is 0. The lowest BCUT2D eigenvalue weighted by atomic mass is 10.2. The molecule has 0 N–H and O–H groups in total. The van der Waals surface area contributed by atoms with Crippen molar-refractivity contribution in [1.82, 2.24) is 0 Å². The summed E-state index contributed by atoms with van der Waals surface area (Å²) >= 11 is 12.2. The summed E-state index contributed by atoms with van der Waals surface area (Å²) in [6.45, 7) is 11.7. The smallest absolute Gasteiger partial charge is 0.248 e. The Hall–Kier alpha value is 1.19. The molecule has 0 aromatic rings. The third-order valence-corrected chi connectivity index (χ3v) is 11.3. The summed E-state index contributed by atoms with van der Waals surface area (Å²) in [4.78, 5) is 0. The molecule has 0 heterocycles. The lowest BCUT2D eigenvalue weighted by Gasteiger charge is -2.31. The van der Waals surface area contributed by atoms with Crippen molar-refractivity contribution in [1.29, 1.82) is 0 Å². The highest BCUT2D eigenvalue weighted by Gasteiger charge is 2.28. The van der Waals surface area contributed by atoms with Gasteiger partial charge in [0.25, 0.3) is 0 Å². The molecule has 0 aromatic heterocycles.